The Bertz CT molecular complexity index is 1210. The van der Waals surface area contributed by atoms with Crippen LogP contribution in [-0.4, -0.2) is 27.7 Å². The fourth-order valence-corrected chi connectivity index (χ4v) is 3.05. The molecule has 2 aromatic carbocycles. The molecule has 0 bridgehead atoms. The molecule has 152 valence electrons. The molecule has 2 heterocycles. The highest BCUT2D eigenvalue weighted by atomic mass is 16.5. The van der Waals surface area contributed by atoms with Crippen molar-refractivity contribution in [3.63, 3.8) is 0 Å². The normalized spacial score (nSPS) is 10.8. The Morgan fingerprint density at radius 2 is 1.90 bits per heavy atom. The van der Waals surface area contributed by atoms with Crippen LogP contribution in [0.3, 0.4) is 0 Å². The second-order valence-corrected chi connectivity index (χ2v) is 6.69. The van der Waals surface area contributed by atoms with Gasteiger partial charge in [-0.15, -0.1) is 0 Å². The second-order valence-electron chi connectivity index (χ2n) is 6.69. The number of fused-ring (bicyclic) bond motifs is 1. The van der Waals surface area contributed by atoms with Gasteiger partial charge < -0.3 is 14.6 Å². The van der Waals surface area contributed by atoms with Gasteiger partial charge in [0.05, 0.1) is 13.4 Å². The zero-order chi connectivity index (χ0) is 20.9. The van der Waals surface area contributed by atoms with E-state index in [1.807, 2.05) is 54.6 Å². The maximum atomic E-state index is 12.7. The van der Waals surface area contributed by atoms with Gasteiger partial charge in [-0.05, 0) is 17.7 Å². The van der Waals surface area contributed by atoms with Gasteiger partial charge in [0.25, 0.3) is 11.1 Å². The largest absolute Gasteiger partial charge is 0.497 e. The number of benzene rings is 2. The summed E-state index contributed by atoms with van der Waals surface area (Å²) in [5.74, 6) is 0.593. The molecule has 1 N–H and O–H groups in total. The molecule has 8 heteroatoms. The Hall–Kier alpha value is -3.94. The number of hydrogen-bond donors (Lipinski definition) is 1. The van der Waals surface area contributed by atoms with Crippen LogP contribution in [0.4, 0.5) is 0 Å². The maximum Gasteiger partial charge on any atom is 0.299 e. The minimum atomic E-state index is -0.363. The molecule has 1 amide bonds. The van der Waals surface area contributed by atoms with Gasteiger partial charge in [-0.3, -0.25) is 14.2 Å². The molecule has 0 aliphatic heterocycles. The van der Waals surface area contributed by atoms with Crippen molar-refractivity contribution in [3.05, 3.63) is 76.8 Å². The number of nitrogens with zero attached hydrogens (tertiary/aromatic N) is 3. The summed E-state index contributed by atoms with van der Waals surface area (Å²) in [6.07, 6.45) is 1.56. The molecule has 0 saturated heterocycles. The van der Waals surface area contributed by atoms with Crippen LogP contribution >= 0.6 is 0 Å². The number of ether oxygens (including phenoxy) is 1. The molecule has 4 aromatic rings. The summed E-state index contributed by atoms with van der Waals surface area (Å²) in [6, 6.07) is 16.8. The van der Waals surface area contributed by atoms with Crippen molar-refractivity contribution < 1.29 is 14.1 Å². The second kappa shape index (κ2) is 8.60. The molecule has 0 aliphatic carbocycles. The predicted octanol–water partition coefficient (Wildman–Crippen LogP) is 2.77. The van der Waals surface area contributed by atoms with E-state index in [1.54, 1.807) is 7.11 Å². The van der Waals surface area contributed by atoms with Crippen LogP contribution in [0.15, 0.2) is 70.2 Å². The fraction of sp³-hybridized carbons (Fsp3) is 0.182. The first-order chi connectivity index (χ1) is 14.7. The van der Waals surface area contributed by atoms with Crippen molar-refractivity contribution in [1.29, 1.82) is 0 Å². The number of nitrogens with one attached hydrogen (secondary N) is 1. The van der Waals surface area contributed by atoms with Gasteiger partial charge in [-0.1, -0.05) is 47.6 Å². The van der Waals surface area contributed by atoms with Crippen molar-refractivity contribution in [2.45, 2.75) is 19.5 Å². The van der Waals surface area contributed by atoms with E-state index < -0.39 is 0 Å². The Balaban J connectivity index is 1.41. The number of rotatable bonds is 7. The van der Waals surface area contributed by atoms with Gasteiger partial charge in [0.1, 0.15) is 17.0 Å². The summed E-state index contributed by atoms with van der Waals surface area (Å²) < 4.78 is 11.7. The van der Waals surface area contributed by atoms with E-state index in [9.17, 15) is 9.59 Å². The summed E-state index contributed by atoms with van der Waals surface area (Å²) >= 11 is 0. The fourth-order valence-electron chi connectivity index (χ4n) is 3.05. The summed E-state index contributed by atoms with van der Waals surface area (Å²) in [6.45, 7) is 0.592. The molecule has 8 nitrogen and oxygen atoms in total. The highest BCUT2D eigenvalue weighted by Gasteiger charge is 2.16. The molecule has 0 aliphatic rings. The number of carbonyl (C=O) groups excluding carboxylic acids is 1. The number of hydrogen-bond acceptors (Lipinski definition) is 6. The highest BCUT2D eigenvalue weighted by Crippen LogP contribution is 2.23. The van der Waals surface area contributed by atoms with Gasteiger partial charge >= 0.3 is 0 Å². The SMILES string of the molecule is COc1ccc(CNC(=O)CCn2cnc3c(-c4ccccc4)noc3c2=O)cc1. The zero-order valence-corrected chi connectivity index (χ0v) is 16.4. The molecule has 0 spiro atoms. The van der Waals surface area contributed by atoms with Crippen molar-refractivity contribution in [2.75, 3.05) is 7.11 Å². The monoisotopic (exact) mass is 404 g/mol. The smallest absolute Gasteiger partial charge is 0.299 e. The van der Waals surface area contributed by atoms with Crippen molar-refractivity contribution in [2.24, 2.45) is 0 Å². The van der Waals surface area contributed by atoms with E-state index in [2.05, 4.69) is 15.5 Å². The minimum Gasteiger partial charge on any atom is -0.497 e. The first kappa shape index (κ1) is 19.4. The summed E-state index contributed by atoms with van der Waals surface area (Å²) in [4.78, 5) is 29.2. The maximum absolute atomic E-state index is 12.7. The standard InChI is InChI=1S/C22H20N4O4/c1-29-17-9-7-15(8-10-17)13-23-18(27)11-12-26-14-24-20-19(16-5-3-2-4-6-16)25-30-21(20)22(26)28/h2-10,14H,11-13H2,1H3,(H,23,27). The van der Waals surface area contributed by atoms with Crippen LogP contribution in [0.5, 0.6) is 5.75 Å². The van der Waals surface area contributed by atoms with Crippen LogP contribution in [0.2, 0.25) is 0 Å². The van der Waals surface area contributed by atoms with Crippen LogP contribution in [0.25, 0.3) is 22.4 Å². The van der Waals surface area contributed by atoms with Crippen LogP contribution in [-0.2, 0) is 17.9 Å². The lowest BCUT2D eigenvalue weighted by Crippen LogP contribution is -2.27. The Kier molecular flexibility index (Phi) is 5.56. The first-order valence-electron chi connectivity index (χ1n) is 9.45. The molecule has 0 fully saturated rings. The molecule has 0 saturated carbocycles. The molecular formula is C22H20N4O4. The number of amides is 1. The molecule has 0 unspecified atom stereocenters. The van der Waals surface area contributed by atoms with E-state index in [0.717, 1.165) is 16.9 Å². The van der Waals surface area contributed by atoms with Crippen molar-refractivity contribution in [3.8, 4) is 17.0 Å². The third-order valence-electron chi connectivity index (χ3n) is 4.72. The molecular weight excluding hydrogens is 384 g/mol. The third kappa shape index (κ3) is 4.07. The quantitative estimate of drug-likeness (QED) is 0.509. The number of methoxy groups -OCH3 is 1. The average Bonchev–Trinajstić information content (AvgIpc) is 3.23. The van der Waals surface area contributed by atoms with E-state index in [4.69, 9.17) is 9.26 Å². The predicted molar refractivity (Wildman–Crippen MR) is 111 cm³/mol. The van der Waals surface area contributed by atoms with E-state index in [1.165, 1.54) is 10.9 Å². The van der Waals surface area contributed by atoms with Crippen LogP contribution < -0.4 is 15.6 Å². The zero-order valence-electron chi connectivity index (χ0n) is 16.4. The number of aromatic nitrogens is 3. The average molecular weight is 404 g/mol. The lowest BCUT2D eigenvalue weighted by Gasteiger charge is -2.07. The van der Waals surface area contributed by atoms with Gasteiger partial charge in [0.15, 0.2) is 0 Å². The molecule has 30 heavy (non-hydrogen) atoms. The number of carbonyl (C=O) groups is 1. The highest BCUT2D eigenvalue weighted by molar-refractivity contribution is 5.87. The van der Waals surface area contributed by atoms with E-state index in [0.29, 0.717) is 17.8 Å². The molecule has 0 radical (unpaired) electrons. The number of aryl methyl sites for hydroxylation is 1. The third-order valence-corrected chi connectivity index (χ3v) is 4.72. The van der Waals surface area contributed by atoms with E-state index in [-0.39, 0.29) is 30.0 Å². The summed E-state index contributed by atoms with van der Waals surface area (Å²) in [5.41, 5.74) is 2.42. The molecule has 4 rings (SSSR count). The summed E-state index contributed by atoms with van der Waals surface area (Å²) in [5, 5.41) is 6.84. The lowest BCUT2D eigenvalue weighted by atomic mass is 10.1. The van der Waals surface area contributed by atoms with Crippen LogP contribution in [0, 0.1) is 0 Å². The van der Waals surface area contributed by atoms with Crippen LogP contribution in [0.1, 0.15) is 12.0 Å². The van der Waals surface area contributed by atoms with Crippen molar-refractivity contribution in [1.82, 2.24) is 20.0 Å². The lowest BCUT2D eigenvalue weighted by molar-refractivity contribution is -0.121. The Labute approximate surface area is 172 Å². The minimum absolute atomic E-state index is 0.0787. The topological polar surface area (TPSA) is 99.2 Å². The van der Waals surface area contributed by atoms with E-state index >= 15 is 0 Å². The first-order valence-corrected chi connectivity index (χ1v) is 9.45. The van der Waals surface area contributed by atoms with Crippen molar-refractivity contribution >= 4 is 17.0 Å². The Morgan fingerprint density at radius 3 is 2.63 bits per heavy atom. The molecule has 0 atom stereocenters. The van der Waals surface area contributed by atoms with Gasteiger partial charge in [0, 0.05) is 25.1 Å². The molecule has 2 aromatic heterocycles. The van der Waals surface area contributed by atoms with Gasteiger partial charge in [-0.2, -0.15) is 0 Å². The Morgan fingerprint density at radius 1 is 1.13 bits per heavy atom. The van der Waals surface area contributed by atoms with Gasteiger partial charge in [0.2, 0.25) is 5.91 Å². The van der Waals surface area contributed by atoms with Gasteiger partial charge in [-0.25, -0.2) is 4.98 Å². The summed E-state index contributed by atoms with van der Waals surface area (Å²) in [7, 11) is 1.60.